The maximum absolute atomic E-state index is 11.9. The maximum Gasteiger partial charge on any atom is 0.342 e. The Kier molecular flexibility index (Phi) is 7.06. The summed E-state index contributed by atoms with van der Waals surface area (Å²) < 4.78 is 16.3. The molecule has 11 nitrogen and oxygen atoms in total. The Bertz CT molecular complexity index is 1450. The summed E-state index contributed by atoms with van der Waals surface area (Å²) in [4.78, 5) is 27.0. The number of aromatic amines is 1. The predicted octanol–water partition coefficient (Wildman–Crippen LogP) is 5.18. The number of ether oxygens (including phenoxy) is 2. The van der Waals surface area contributed by atoms with Crippen LogP contribution in [0.1, 0.15) is 11.3 Å². The van der Waals surface area contributed by atoms with Gasteiger partial charge in [0.1, 0.15) is 27.9 Å². The Morgan fingerprint density at radius 3 is 2.53 bits per heavy atom. The van der Waals surface area contributed by atoms with E-state index >= 15 is 0 Å². The van der Waals surface area contributed by atoms with Gasteiger partial charge in [0, 0.05) is 34.9 Å². The summed E-state index contributed by atoms with van der Waals surface area (Å²) in [6.45, 7) is 1.63. The number of nitrogens with zero attached hydrogens (tertiary/aromatic N) is 3. The second-order valence-corrected chi connectivity index (χ2v) is 8.40. The van der Waals surface area contributed by atoms with Gasteiger partial charge in [-0.15, -0.1) is 5.10 Å². The Labute approximate surface area is 208 Å². The summed E-state index contributed by atoms with van der Waals surface area (Å²) in [7, 11) is 3.06. The Balaban J connectivity index is 1.59. The lowest BCUT2D eigenvalue weighted by molar-refractivity contribution is -0.385. The molecule has 12 heteroatoms. The third-order valence-corrected chi connectivity index (χ3v) is 6.05. The molecule has 2 aromatic heterocycles. The van der Waals surface area contributed by atoms with Crippen molar-refractivity contribution >= 4 is 29.5 Å². The van der Waals surface area contributed by atoms with E-state index in [0.717, 1.165) is 11.8 Å². The van der Waals surface area contributed by atoms with Crippen molar-refractivity contribution < 1.29 is 28.7 Å². The molecule has 2 aromatic carbocycles. The van der Waals surface area contributed by atoms with Crippen molar-refractivity contribution in [2.24, 2.45) is 0 Å². The van der Waals surface area contributed by atoms with E-state index in [0.29, 0.717) is 39.8 Å². The molecule has 36 heavy (non-hydrogen) atoms. The number of rotatable bonds is 9. The Hall–Kier alpha value is -4.58. The molecular weight excluding hydrogens is 488 g/mol. The molecule has 0 fully saturated rings. The third kappa shape index (κ3) is 5.23. The summed E-state index contributed by atoms with van der Waals surface area (Å²) in [5.74, 6) is 0.973. The zero-order valence-electron chi connectivity index (χ0n) is 19.3. The molecule has 0 spiro atoms. The molecule has 2 heterocycles. The summed E-state index contributed by atoms with van der Waals surface area (Å²) in [5, 5.41) is 28.0. The minimum atomic E-state index is -1.20. The van der Waals surface area contributed by atoms with Gasteiger partial charge in [-0.1, -0.05) is 12.1 Å². The number of methoxy groups -OCH3 is 2. The molecule has 184 valence electrons. The highest BCUT2D eigenvalue weighted by Crippen LogP contribution is 2.34. The van der Waals surface area contributed by atoms with Crippen molar-refractivity contribution in [3.8, 4) is 34.2 Å². The molecule has 0 radical (unpaired) electrons. The van der Waals surface area contributed by atoms with Gasteiger partial charge in [0.05, 0.1) is 19.1 Å². The fourth-order valence-electron chi connectivity index (χ4n) is 3.39. The number of H-pyrrole nitrogens is 1. The van der Waals surface area contributed by atoms with Crippen LogP contribution in [0.2, 0.25) is 0 Å². The van der Waals surface area contributed by atoms with Crippen LogP contribution >= 0.6 is 11.8 Å². The average Bonchev–Trinajstić information content (AvgIpc) is 3.53. The fraction of sp³-hybridized carbons (Fsp3) is 0.125. The van der Waals surface area contributed by atoms with E-state index in [1.54, 1.807) is 49.4 Å². The van der Waals surface area contributed by atoms with Gasteiger partial charge in [0.15, 0.2) is 5.82 Å². The monoisotopic (exact) mass is 508 g/mol. The quantitative estimate of drug-likeness (QED) is 0.134. The van der Waals surface area contributed by atoms with E-state index in [-0.39, 0.29) is 21.5 Å². The number of aromatic nitrogens is 3. The number of hydrogen-bond acceptors (Lipinski definition) is 9. The zero-order valence-corrected chi connectivity index (χ0v) is 20.2. The molecule has 0 saturated carbocycles. The standard InChI is InChI=1S/C24H20N4O7S/c1-13-18(5-4-6-19(13)28(31)32)20-8-7-15(35-20)12-21(23(29)30)36-24-25-22(26-27-24)14-9-16(33-2)11-17(10-14)34-3/h4-12H,1-3H3,(H,29,30)(H,25,26,27)/b21-12-. The van der Waals surface area contributed by atoms with Gasteiger partial charge in [-0.05, 0) is 43.0 Å². The predicted molar refractivity (Wildman–Crippen MR) is 132 cm³/mol. The Morgan fingerprint density at radius 1 is 1.17 bits per heavy atom. The number of carbonyl (C=O) groups is 1. The number of furan rings is 1. The highest BCUT2D eigenvalue weighted by atomic mass is 32.2. The van der Waals surface area contributed by atoms with Gasteiger partial charge < -0.3 is 19.0 Å². The van der Waals surface area contributed by atoms with Crippen molar-refractivity contribution in [1.82, 2.24) is 15.2 Å². The molecule has 0 saturated heterocycles. The highest BCUT2D eigenvalue weighted by molar-refractivity contribution is 8.04. The van der Waals surface area contributed by atoms with E-state index in [1.807, 2.05) is 0 Å². The fourth-order valence-corrected chi connectivity index (χ4v) is 4.08. The average molecular weight is 509 g/mol. The molecule has 0 bridgehead atoms. The number of nitro benzene ring substituents is 1. The maximum atomic E-state index is 11.9. The molecule has 0 aliphatic heterocycles. The number of nitrogens with one attached hydrogen (secondary N) is 1. The molecule has 0 aliphatic carbocycles. The second-order valence-electron chi connectivity index (χ2n) is 7.39. The van der Waals surface area contributed by atoms with Crippen LogP contribution in [0.5, 0.6) is 11.5 Å². The lowest BCUT2D eigenvalue weighted by Gasteiger charge is -2.06. The second kappa shape index (κ2) is 10.4. The molecule has 4 aromatic rings. The van der Waals surface area contributed by atoms with Crippen LogP contribution in [-0.4, -0.2) is 45.4 Å². The van der Waals surface area contributed by atoms with Crippen molar-refractivity contribution in [3.05, 3.63) is 74.9 Å². The van der Waals surface area contributed by atoms with Crippen LogP contribution < -0.4 is 9.47 Å². The van der Waals surface area contributed by atoms with Crippen LogP contribution in [0.3, 0.4) is 0 Å². The molecule has 0 amide bonds. The first-order valence-corrected chi connectivity index (χ1v) is 11.2. The number of aliphatic carboxylic acids is 1. The first-order valence-electron chi connectivity index (χ1n) is 10.4. The summed E-state index contributed by atoms with van der Waals surface area (Å²) in [6.07, 6.45) is 1.34. The van der Waals surface area contributed by atoms with Crippen LogP contribution in [0.4, 0.5) is 5.69 Å². The molecule has 0 atom stereocenters. The normalized spacial score (nSPS) is 11.4. The van der Waals surface area contributed by atoms with Crippen LogP contribution in [-0.2, 0) is 4.79 Å². The molecule has 0 aliphatic rings. The SMILES string of the molecule is COc1cc(OC)cc(-c2nc(S/C(=C\c3ccc(-c4cccc([N+](=O)[O-])c4C)o3)C(=O)O)n[nH]2)c1. The largest absolute Gasteiger partial charge is 0.497 e. The van der Waals surface area contributed by atoms with E-state index in [1.165, 1.54) is 26.4 Å². The summed E-state index contributed by atoms with van der Waals surface area (Å²) in [6, 6.07) is 13.1. The van der Waals surface area contributed by atoms with Gasteiger partial charge >= 0.3 is 5.97 Å². The molecule has 0 unspecified atom stereocenters. The minimum Gasteiger partial charge on any atom is -0.497 e. The number of hydrogen-bond donors (Lipinski definition) is 2. The van der Waals surface area contributed by atoms with E-state index in [9.17, 15) is 20.0 Å². The van der Waals surface area contributed by atoms with E-state index in [2.05, 4.69) is 15.2 Å². The summed E-state index contributed by atoms with van der Waals surface area (Å²) >= 11 is 0.838. The molecule has 4 rings (SSSR count). The van der Waals surface area contributed by atoms with Crippen molar-refractivity contribution in [2.45, 2.75) is 12.1 Å². The molecular formula is C24H20N4O7S. The Morgan fingerprint density at radius 2 is 1.89 bits per heavy atom. The van der Waals surface area contributed by atoms with Gasteiger partial charge in [-0.25, -0.2) is 9.78 Å². The van der Waals surface area contributed by atoms with Crippen molar-refractivity contribution in [2.75, 3.05) is 14.2 Å². The first-order chi connectivity index (χ1) is 17.3. The number of thioether (sulfide) groups is 1. The zero-order chi connectivity index (χ0) is 25.8. The lowest BCUT2D eigenvalue weighted by atomic mass is 10.1. The highest BCUT2D eigenvalue weighted by Gasteiger charge is 2.18. The number of nitro groups is 1. The smallest absolute Gasteiger partial charge is 0.342 e. The van der Waals surface area contributed by atoms with Gasteiger partial charge in [-0.2, -0.15) is 0 Å². The number of carboxylic acid groups (broad SMARTS) is 1. The van der Waals surface area contributed by atoms with Crippen LogP contribution in [0.25, 0.3) is 28.8 Å². The van der Waals surface area contributed by atoms with Crippen molar-refractivity contribution in [1.29, 1.82) is 0 Å². The van der Waals surface area contributed by atoms with Gasteiger partial charge in [0.2, 0.25) is 5.16 Å². The van der Waals surface area contributed by atoms with Gasteiger partial charge in [-0.3, -0.25) is 15.2 Å². The van der Waals surface area contributed by atoms with Crippen molar-refractivity contribution in [3.63, 3.8) is 0 Å². The van der Waals surface area contributed by atoms with E-state index in [4.69, 9.17) is 13.9 Å². The van der Waals surface area contributed by atoms with Crippen LogP contribution in [0.15, 0.2) is 63.0 Å². The topological polar surface area (TPSA) is 154 Å². The van der Waals surface area contributed by atoms with E-state index < -0.39 is 10.9 Å². The van der Waals surface area contributed by atoms with Crippen LogP contribution in [0, 0.1) is 17.0 Å². The number of benzene rings is 2. The lowest BCUT2D eigenvalue weighted by Crippen LogP contribution is -1.97. The minimum absolute atomic E-state index is 0.0307. The first kappa shape index (κ1) is 24.5. The molecule has 2 N–H and O–H groups in total. The van der Waals surface area contributed by atoms with Gasteiger partial charge in [0.25, 0.3) is 5.69 Å². The third-order valence-electron chi connectivity index (χ3n) is 5.17. The number of carboxylic acids is 1. The summed E-state index contributed by atoms with van der Waals surface area (Å²) in [5.41, 5.74) is 1.61.